The molecular weight excluding hydrogens is 290 g/mol. The second-order valence-electron chi connectivity index (χ2n) is 5.81. The molecule has 0 bridgehead atoms. The smallest absolute Gasteiger partial charge is 0.240 e. The molecule has 1 heterocycles. The molecule has 0 unspecified atom stereocenters. The van der Waals surface area contributed by atoms with Gasteiger partial charge in [0.25, 0.3) is 0 Å². The number of amides is 2. The number of anilines is 2. The molecule has 5 nitrogen and oxygen atoms in total. The van der Waals surface area contributed by atoms with Gasteiger partial charge in [-0.05, 0) is 44.6 Å². The zero-order valence-corrected chi connectivity index (χ0v) is 13.9. The molecule has 0 radical (unpaired) electrons. The molecule has 1 aliphatic heterocycles. The van der Waals surface area contributed by atoms with Crippen LogP contribution in [0.25, 0.3) is 0 Å². The van der Waals surface area contributed by atoms with E-state index in [9.17, 15) is 9.59 Å². The first-order valence-electron chi connectivity index (χ1n) is 8.12. The predicted molar refractivity (Wildman–Crippen MR) is 93.4 cm³/mol. The van der Waals surface area contributed by atoms with Crippen LogP contribution in [0.4, 0.5) is 11.4 Å². The van der Waals surface area contributed by atoms with Gasteiger partial charge >= 0.3 is 0 Å². The maximum absolute atomic E-state index is 12.9. The van der Waals surface area contributed by atoms with Gasteiger partial charge in [-0.25, -0.2) is 0 Å². The molecular formula is C18H25N3O2. The van der Waals surface area contributed by atoms with Gasteiger partial charge in [0.2, 0.25) is 11.8 Å². The molecule has 0 atom stereocenters. The van der Waals surface area contributed by atoms with Crippen LogP contribution in [0.3, 0.4) is 0 Å². The third-order valence-corrected chi connectivity index (χ3v) is 4.53. The van der Waals surface area contributed by atoms with Gasteiger partial charge in [0.1, 0.15) is 5.41 Å². The van der Waals surface area contributed by atoms with Gasteiger partial charge in [-0.2, -0.15) is 0 Å². The maximum atomic E-state index is 12.9. The Morgan fingerprint density at radius 3 is 2.04 bits per heavy atom. The van der Waals surface area contributed by atoms with Crippen molar-refractivity contribution in [3.8, 4) is 0 Å². The number of carbonyl (C=O) groups excluding carboxylic acids is 2. The van der Waals surface area contributed by atoms with Crippen LogP contribution in [0.15, 0.2) is 36.9 Å². The number of hydrogen-bond donors (Lipinski definition) is 2. The molecule has 0 aromatic heterocycles. The standard InChI is InChI=1S/C18H25N3O2/c1-4-11-18(12-13-21(5-2)6-3)16(22)19-14-9-7-8-10-15(14)20-17(18)23/h4,7-10H,1,5-6,11-13H2,2-3H3,(H,19,22)(H,20,23). The molecule has 0 spiro atoms. The molecule has 1 aromatic carbocycles. The Balaban J connectivity index is 2.32. The van der Waals surface area contributed by atoms with Gasteiger partial charge in [0, 0.05) is 0 Å². The van der Waals surface area contributed by atoms with Crippen molar-refractivity contribution in [1.82, 2.24) is 4.90 Å². The molecule has 1 aliphatic rings. The van der Waals surface area contributed by atoms with Crippen molar-refractivity contribution >= 4 is 23.2 Å². The topological polar surface area (TPSA) is 61.4 Å². The van der Waals surface area contributed by atoms with Crippen molar-refractivity contribution in [3.05, 3.63) is 36.9 Å². The van der Waals surface area contributed by atoms with Crippen LogP contribution in [-0.4, -0.2) is 36.3 Å². The fourth-order valence-corrected chi connectivity index (χ4v) is 2.94. The third kappa shape index (κ3) is 3.45. The summed E-state index contributed by atoms with van der Waals surface area (Å²) < 4.78 is 0. The maximum Gasteiger partial charge on any atom is 0.240 e. The Kier molecular flexibility index (Phi) is 5.55. The zero-order chi connectivity index (χ0) is 16.9. The molecule has 2 rings (SSSR count). The molecule has 2 N–H and O–H groups in total. The van der Waals surface area contributed by atoms with E-state index in [0.717, 1.165) is 13.1 Å². The highest BCUT2D eigenvalue weighted by molar-refractivity contribution is 6.18. The molecule has 23 heavy (non-hydrogen) atoms. The van der Waals surface area contributed by atoms with Gasteiger partial charge < -0.3 is 15.5 Å². The number of hydrogen-bond acceptors (Lipinski definition) is 3. The first-order chi connectivity index (χ1) is 11.1. The summed E-state index contributed by atoms with van der Waals surface area (Å²) in [7, 11) is 0. The zero-order valence-electron chi connectivity index (χ0n) is 13.9. The molecule has 0 aliphatic carbocycles. The molecule has 0 fully saturated rings. The van der Waals surface area contributed by atoms with Crippen LogP contribution >= 0.6 is 0 Å². The van der Waals surface area contributed by atoms with Crippen LogP contribution < -0.4 is 10.6 Å². The molecule has 0 saturated heterocycles. The van der Waals surface area contributed by atoms with Crippen LogP contribution in [0.5, 0.6) is 0 Å². The van der Waals surface area contributed by atoms with Gasteiger partial charge in [-0.1, -0.05) is 32.1 Å². The van der Waals surface area contributed by atoms with Crippen molar-refractivity contribution in [2.45, 2.75) is 26.7 Å². The average Bonchev–Trinajstić information content (AvgIpc) is 2.65. The number of para-hydroxylation sites is 2. The van der Waals surface area contributed by atoms with Crippen molar-refractivity contribution < 1.29 is 9.59 Å². The Morgan fingerprint density at radius 2 is 1.61 bits per heavy atom. The quantitative estimate of drug-likeness (QED) is 0.601. The molecule has 2 amide bonds. The Morgan fingerprint density at radius 1 is 1.09 bits per heavy atom. The lowest BCUT2D eigenvalue weighted by molar-refractivity contribution is -0.137. The fourth-order valence-electron chi connectivity index (χ4n) is 2.94. The Bertz CT molecular complexity index is 557. The largest absolute Gasteiger partial charge is 0.323 e. The van der Waals surface area contributed by atoms with Crippen molar-refractivity contribution in [1.29, 1.82) is 0 Å². The van der Waals surface area contributed by atoms with E-state index in [-0.39, 0.29) is 11.8 Å². The summed E-state index contributed by atoms with van der Waals surface area (Å²) >= 11 is 0. The summed E-state index contributed by atoms with van der Waals surface area (Å²) in [5.41, 5.74) is 0.155. The van der Waals surface area contributed by atoms with Crippen molar-refractivity contribution in [2.24, 2.45) is 5.41 Å². The first-order valence-corrected chi connectivity index (χ1v) is 8.12. The number of fused-ring (bicyclic) bond motifs is 1. The number of benzene rings is 1. The summed E-state index contributed by atoms with van der Waals surface area (Å²) in [5, 5.41) is 5.80. The second kappa shape index (κ2) is 7.42. The minimum atomic E-state index is -1.12. The lowest BCUT2D eigenvalue weighted by Crippen LogP contribution is -2.46. The monoisotopic (exact) mass is 315 g/mol. The highest BCUT2D eigenvalue weighted by Crippen LogP contribution is 2.36. The van der Waals surface area contributed by atoms with Crippen LogP contribution in [-0.2, 0) is 9.59 Å². The van der Waals surface area contributed by atoms with Crippen LogP contribution in [0.2, 0.25) is 0 Å². The highest BCUT2D eigenvalue weighted by Gasteiger charge is 2.46. The molecule has 124 valence electrons. The Hall–Kier alpha value is -2.14. The van der Waals surface area contributed by atoms with E-state index < -0.39 is 5.41 Å². The van der Waals surface area contributed by atoms with Crippen molar-refractivity contribution in [3.63, 3.8) is 0 Å². The molecule has 1 aromatic rings. The number of rotatable bonds is 7. The second-order valence-corrected chi connectivity index (χ2v) is 5.81. The highest BCUT2D eigenvalue weighted by atomic mass is 16.2. The summed E-state index contributed by atoms with van der Waals surface area (Å²) in [5.74, 6) is -0.515. The molecule has 5 heteroatoms. The number of allylic oxidation sites excluding steroid dienone is 1. The van der Waals surface area contributed by atoms with Crippen molar-refractivity contribution in [2.75, 3.05) is 30.3 Å². The predicted octanol–water partition coefficient (Wildman–Crippen LogP) is 2.87. The fraction of sp³-hybridized carbons (Fsp3) is 0.444. The summed E-state index contributed by atoms with van der Waals surface area (Å²) in [6, 6.07) is 7.26. The van der Waals surface area contributed by atoms with E-state index in [0.29, 0.717) is 30.8 Å². The van der Waals surface area contributed by atoms with E-state index in [1.54, 1.807) is 18.2 Å². The lowest BCUT2D eigenvalue weighted by atomic mass is 9.79. The SMILES string of the molecule is C=CCC1(CCN(CC)CC)C(=O)Nc2ccccc2NC1=O. The minimum Gasteiger partial charge on any atom is -0.323 e. The normalized spacial score (nSPS) is 16.3. The first kappa shape index (κ1) is 17.2. The molecule has 0 saturated carbocycles. The Labute approximate surface area is 137 Å². The van der Waals surface area contributed by atoms with E-state index in [1.807, 2.05) is 12.1 Å². The number of nitrogens with one attached hydrogen (secondary N) is 2. The van der Waals surface area contributed by atoms with Gasteiger partial charge in [0.05, 0.1) is 11.4 Å². The summed E-state index contributed by atoms with van der Waals surface area (Å²) in [6.45, 7) is 10.4. The van der Waals surface area contributed by atoms with E-state index in [4.69, 9.17) is 0 Å². The summed E-state index contributed by atoms with van der Waals surface area (Å²) in [4.78, 5) is 27.9. The van der Waals surface area contributed by atoms with E-state index in [1.165, 1.54) is 0 Å². The lowest BCUT2D eigenvalue weighted by Gasteiger charge is -2.30. The van der Waals surface area contributed by atoms with Crippen LogP contribution in [0, 0.1) is 5.41 Å². The van der Waals surface area contributed by atoms with E-state index >= 15 is 0 Å². The van der Waals surface area contributed by atoms with Gasteiger partial charge in [0.15, 0.2) is 0 Å². The summed E-state index contributed by atoms with van der Waals surface area (Å²) in [6.07, 6.45) is 2.43. The van der Waals surface area contributed by atoms with E-state index in [2.05, 4.69) is 36.0 Å². The van der Waals surface area contributed by atoms with Gasteiger partial charge in [-0.15, -0.1) is 6.58 Å². The average molecular weight is 315 g/mol. The third-order valence-electron chi connectivity index (χ3n) is 4.53. The van der Waals surface area contributed by atoms with Crippen LogP contribution in [0.1, 0.15) is 26.7 Å². The minimum absolute atomic E-state index is 0.257. The van der Waals surface area contributed by atoms with Gasteiger partial charge in [-0.3, -0.25) is 9.59 Å². The number of nitrogens with zero attached hydrogens (tertiary/aromatic N) is 1. The number of carbonyl (C=O) groups is 2.